The highest BCUT2D eigenvalue weighted by Crippen LogP contribution is 2.22. The largest absolute Gasteiger partial charge is 0.294 e. The first-order valence-corrected chi connectivity index (χ1v) is 6.40. The summed E-state index contributed by atoms with van der Waals surface area (Å²) in [6, 6.07) is 14.2. The molecule has 1 aromatic carbocycles. The zero-order valence-electron chi connectivity index (χ0n) is 9.68. The number of hydrogen-bond donors (Lipinski definition) is 1. The van der Waals surface area contributed by atoms with E-state index in [1.807, 2.05) is 29.6 Å². The first-order chi connectivity index (χ1) is 8.31. The van der Waals surface area contributed by atoms with Crippen molar-refractivity contribution in [2.24, 2.45) is 0 Å². The highest BCUT2D eigenvalue weighted by Gasteiger charge is 2.12. The molecule has 3 heteroatoms. The first-order valence-electron chi connectivity index (χ1n) is 5.52. The van der Waals surface area contributed by atoms with E-state index >= 15 is 0 Å². The van der Waals surface area contributed by atoms with E-state index < -0.39 is 0 Å². The topological polar surface area (TPSA) is 35.8 Å². The van der Waals surface area contributed by atoms with Crippen molar-refractivity contribution in [2.45, 2.75) is 19.5 Å². The molecule has 1 unspecified atom stereocenters. The first kappa shape index (κ1) is 11.8. The second-order valence-corrected chi connectivity index (χ2v) is 4.98. The van der Waals surface area contributed by atoms with Crippen molar-refractivity contribution in [1.29, 1.82) is 5.26 Å². The number of thiophene rings is 1. The Morgan fingerprint density at radius 3 is 2.65 bits per heavy atom. The van der Waals surface area contributed by atoms with Crippen LogP contribution in [-0.4, -0.2) is 0 Å². The monoisotopic (exact) mass is 242 g/mol. The molecule has 0 bridgehead atoms. The van der Waals surface area contributed by atoms with Gasteiger partial charge in [-0.05, 0) is 29.5 Å². The van der Waals surface area contributed by atoms with E-state index in [0.29, 0.717) is 6.54 Å². The molecule has 1 heterocycles. The third-order valence-electron chi connectivity index (χ3n) is 2.69. The fourth-order valence-corrected chi connectivity index (χ4v) is 2.48. The Labute approximate surface area is 106 Å². The normalized spacial score (nSPS) is 12.0. The number of nitrogens with one attached hydrogen (secondary N) is 1. The Balaban J connectivity index is 2.03. The van der Waals surface area contributed by atoms with Crippen LogP contribution in [0.25, 0.3) is 0 Å². The van der Waals surface area contributed by atoms with Crippen LogP contribution in [0.1, 0.15) is 22.0 Å². The maximum Gasteiger partial charge on any atom is 0.122 e. The van der Waals surface area contributed by atoms with Gasteiger partial charge in [0.15, 0.2) is 0 Å². The molecule has 0 radical (unpaired) electrons. The van der Waals surface area contributed by atoms with Crippen molar-refractivity contribution in [2.75, 3.05) is 0 Å². The Kier molecular flexibility index (Phi) is 3.92. The lowest BCUT2D eigenvalue weighted by molar-refractivity contribution is 0.630. The molecule has 0 aliphatic heterocycles. The Bertz CT molecular complexity index is 511. The van der Waals surface area contributed by atoms with Gasteiger partial charge in [0.1, 0.15) is 6.04 Å². The van der Waals surface area contributed by atoms with Crippen molar-refractivity contribution in [3.05, 3.63) is 57.8 Å². The van der Waals surface area contributed by atoms with Crippen molar-refractivity contribution in [3.8, 4) is 6.07 Å². The molecule has 0 fully saturated rings. The van der Waals surface area contributed by atoms with Crippen LogP contribution in [-0.2, 0) is 6.54 Å². The quantitative estimate of drug-likeness (QED) is 0.891. The van der Waals surface area contributed by atoms with E-state index in [1.54, 1.807) is 11.3 Å². The van der Waals surface area contributed by atoms with Gasteiger partial charge < -0.3 is 0 Å². The molecular formula is C14H14N2S. The van der Waals surface area contributed by atoms with Crippen LogP contribution in [0.4, 0.5) is 0 Å². The van der Waals surface area contributed by atoms with E-state index in [0.717, 1.165) is 5.56 Å². The summed E-state index contributed by atoms with van der Waals surface area (Å²) in [5.41, 5.74) is 2.29. The zero-order valence-corrected chi connectivity index (χ0v) is 10.5. The zero-order chi connectivity index (χ0) is 12.1. The van der Waals surface area contributed by atoms with Gasteiger partial charge >= 0.3 is 0 Å². The average molecular weight is 242 g/mol. The number of benzene rings is 1. The lowest BCUT2D eigenvalue weighted by Gasteiger charge is -2.11. The predicted molar refractivity (Wildman–Crippen MR) is 70.7 cm³/mol. The van der Waals surface area contributed by atoms with Gasteiger partial charge in [0.25, 0.3) is 0 Å². The molecule has 0 spiro atoms. The van der Waals surface area contributed by atoms with Crippen LogP contribution in [0.3, 0.4) is 0 Å². The van der Waals surface area contributed by atoms with Gasteiger partial charge in [0, 0.05) is 11.4 Å². The van der Waals surface area contributed by atoms with Crippen LogP contribution in [0, 0.1) is 18.3 Å². The van der Waals surface area contributed by atoms with Gasteiger partial charge in [-0.3, -0.25) is 5.32 Å². The minimum atomic E-state index is -0.221. The average Bonchev–Trinajstić information content (AvgIpc) is 2.78. The number of nitrogens with zero attached hydrogens (tertiary/aromatic N) is 1. The second-order valence-electron chi connectivity index (χ2n) is 3.86. The molecule has 0 aliphatic rings. The minimum Gasteiger partial charge on any atom is -0.294 e. The molecular weight excluding hydrogens is 228 g/mol. The van der Waals surface area contributed by atoms with Crippen LogP contribution in [0.5, 0.6) is 0 Å². The Morgan fingerprint density at radius 2 is 2.06 bits per heavy atom. The van der Waals surface area contributed by atoms with E-state index in [4.69, 9.17) is 0 Å². The molecule has 1 atom stereocenters. The summed E-state index contributed by atoms with van der Waals surface area (Å²) in [5.74, 6) is 0. The van der Waals surface area contributed by atoms with E-state index in [9.17, 15) is 5.26 Å². The summed E-state index contributed by atoms with van der Waals surface area (Å²) < 4.78 is 0. The third-order valence-corrected chi connectivity index (χ3v) is 3.55. The fourth-order valence-electron chi connectivity index (χ4n) is 1.74. The lowest BCUT2D eigenvalue weighted by atomic mass is 10.1. The summed E-state index contributed by atoms with van der Waals surface area (Å²) in [6.07, 6.45) is 0. The van der Waals surface area contributed by atoms with Crippen molar-refractivity contribution in [1.82, 2.24) is 5.32 Å². The van der Waals surface area contributed by atoms with Crippen LogP contribution >= 0.6 is 11.3 Å². The molecule has 2 rings (SSSR count). The molecule has 0 amide bonds. The van der Waals surface area contributed by atoms with Gasteiger partial charge in [-0.2, -0.15) is 5.26 Å². The number of nitriles is 1. The smallest absolute Gasteiger partial charge is 0.122 e. The molecule has 2 aromatic rings. The fraction of sp³-hybridized carbons (Fsp3) is 0.214. The van der Waals surface area contributed by atoms with E-state index in [2.05, 4.69) is 30.4 Å². The summed E-state index contributed by atoms with van der Waals surface area (Å²) >= 11 is 1.68. The summed E-state index contributed by atoms with van der Waals surface area (Å²) in [4.78, 5) is 1.21. The standard InChI is InChI=1S/C14H14N2S/c1-11-13(7-8-17-11)14(9-15)16-10-12-5-3-2-4-6-12/h2-8,14,16H,10H2,1H3. The van der Waals surface area contributed by atoms with Gasteiger partial charge in [-0.25, -0.2) is 0 Å². The number of aryl methyl sites for hydroxylation is 1. The second kappa shape index (κ2) is 5.62. The number of hydrogen-bond acceptors (Lipinski definition) is 3. The van der Waals surface area contributed by atoms with Crippen molar-refractivity contribution in [3.63, 3.8) is 0 Å². The highest BCUT2D eigenvalue weighted by molar-refractivity contribution is 7.10. The molecule has 0 saturated carbocycles. The Morgan fingerprint density at radius 1 is 1.29 bits per heavy atom. The number of rotatable bonds is 4. The van der Waals surface area contributed by atoms with Crippen molar-refractivity contribution < 1.29 is 0 Å². The SMILES string of the molecule is Cc1sccc1C(C#N)NCc1ccccc1. The minimum absolute atomic E-state index is 0.221. The summed E-state index contributed by atoms with van der Waals surface area (Å²) in [5, 5.41) is 14.5. The van der Waals surface area contributed by atoms with Crippen LogP contribution < -0.4 is 5.32 Å². The molecule has 1 aromatic heterocycles. The van der Waals surface area contributed by atoms with Gasteiger partial charge in [-0.1, -0.05) is 30.3 Å². The maximum atomic E-state index is 9.19. The van der Waals surface area contributed by atoms with Crippen LogP contribution in [0.2, 0.25) is 0 Å². The molecule has 1 N–H and O–H groups in total. The van der Waals surface area contributed by atoms with Crippen LogP contribution in [0.15, 0.2) is 41.8 Å². The third kappa shape index (κ3) is 2.94. The summed E-state index contributed by atoms with van der Waals surface area (Å²) in [6.45, 7) is 2.77. The van der Waals surface area contributed by atoms with Crippen molar-refractivity contribution >= 4 is 11.3 Å². The van der Waals surface area contributed by atoms with E-state index in [1.165, 1.54) is 10.4 Å². The molecule has 86 valence electrons. The predicted octanol–water partition coefficient (Wildman–Crippen LogP) is 3.41. The van der Waals surface area contributed by atoms with E-state index in [-0.39, 0.29) is 6.04 Å². The highest BCUT2D eigenvalue weighted by atomic mass is 32.1. The lowest BCUT2D eigenvalue weighted by Crippen LogP contribution is -2.19. The summed E-state index contributed by atoms with van der Waals surface area (Å²) in [7, 11) is 0. The molecule has 0 saturated heterocycles. The molecule has 0 aliphatic carbocycles. The van der Waals surface area contributed by atoms with Gasteiger partial charge in [0.05, 0.1) is 6.07 Å². The maximum absolute atomic E-state index is 9.19. The van der Waals surface area contributed by atoms with Gasteiger partial charge in [0.2, 0.25) is 0 Å². The molecule has 2 nitrogen and oxygen atoms in total. The molecule has 17 heavy (non-hydrogen) atoms. The Hall–Kier alpha value is -1.63. The van der Waals surface area contributed by atoms with Gasteiger partial charge in [-0.15, -0.1) is 11.3 Å².